The Hall–Kier alpha value is -3.34. The molecule has 0 amide bonds. The number of sulfonamides is 1. The molecular weight excluding hydrogens is 442 g/mol. The van der Waals surface area contributed by atoms with Crippen molar-refractivity contribution in [3.8, 4) is 23.0 Å². The highest BCUT2D eigenvalue weighted by atomic mass is 32.2. The first-order chi connectivity index (χ1) is 15.0. The Morgan fingerprint density at radius 2 is 1.91 bits per heavy atom. The predicted molar refractivity (Wildman–Crippen MR) is 116 cm³/mol. The van der Waals surface area contributed by atoms with E-state index in [1.807, 2.05) is 0 Å². The molecule has 0 unspecified atom stereocenters. The minimum atomic E-state index is -3.79. The number of pyridine rings is 1. The Morgan fingerprint density at radius 3 is 2.56 bits per heavy atom. The van der Waals surface area contributed by atoms with E-state index in [1.54, 1.807) is 6.92 Å². The van der Waals surface area contributed by atoms with E-state index in [1.165, 1.54) is 55.9 Å². The van der Waals surface area contributed by atoms with E-state index >= 15 is 0 Å². The van der Waals surface area contributed by atoms with Crippen LogP contribution in [0.4, 0.5) is 14.6 Å². The van der Waals surface area contributed by atoms with E-state index in [4.69, 9.17) is 4.74 Å². The zero-order valence-electron chi connectivity index (χ0n) is 17.9. The van der Waals surface area contributed by atoms with E-state index in [2.05, 4.69) is 14.7 Å². The topological polar surface area (TPSA) is 103 Å². The van der Waals surface area contributed by atoms with Crippen LogP contribution < -0.4 is 15.0 Å². The van der Waals surface area contributed by atoms with Crippen molar-refractivity contribution < 1.29 is 21.9 Å². The van der Waals surface area contributed by atoms with Crippen LogP contribution in [0.2, 0.25) is 0 Å². The van der Waals surface area contributed by atoms with Crippen molar-refractivity contribution >= 4 is 15.8 Å². The summed E-state index contributed by atoms with van der Waals surface area (Å²) in [6.45, 7) is 4.69. The third-order valence-corrected chi connectivity index (χ3v) is 6.76. The fraction of sp³-hybridized carbons (Fsp3) is 0.286. The molecule has 1 aromatic carbocycles. The third-order valence-electron chi connectivity index (χ3n) is 4.87. The molecule has 170 valence electrons. The van der Waals surface area contributed by atoms with Gasteiger partial charge < -0.3 is 9.30 Å². The molecule has 0 saturated carbocycles. The first-order valence-corrected chi connectivity index (χ1v) is 11.3. The largest absolute Gasteiger partial charge is 0.418 e. The van der Waals surface area contributed by atoms with Gasteiger partial charge >= 0.3 is 6.01 Å². The van der Waals surface area contributed by atoms with Gasteiger partial charge in [0.05, 0.1) is 10.9 Å². The van der Waals surface area contributed by atoms with Gasteiger partial charge in [-0.05, 0) is 38.0 Å². The van der Waals surface area contributed by atoms with Crippen LogP contribution in [0.1, 0.15) is 25.8 Å². The summed E-state index contributed by atoms with van der Waals surface area (Å²) in [5.41, 5.74) is 0.503. The zero-order chi connectivity index (χ0) is 23.6. The molecule has 0 aliphatic carbocycles. The van der Waals surface area contributed by atoms with Crippen LogP contribution in [0.5, 0.6) is 11.8 Å². The molecule has 0 saturated heterocycles. The zero-order valence-corrected chi connectivity index (χ0v) is 18.7. The van der Waals surface area contributed by atoms with E-state index in [9.17, 15) is 22.0 Å². The number of hydrogen-bond acceptors (Lipinski definition) is 6. The number of ether oxygens (including phenoxy) is 1. The first kappa shape index (κ1) is 23.3. The molecule has 8 nitrogen and oxygen atoms in total. The molecule has 0 radical (unpaired) electrons. The lowest BCUT2D eigenvalue weighted by atomic mass is 10.2. The molecule has 0 aliphatic heterocycles. The maximum absolute atomic E-state index is 14.4. The third kappa shape index (κ3) is 4.93. The molecule has 0 fully saturated rings. The monoisotopic (exact) mass is 464 g/mol. The molecule has 3 aromatic rings. The minimum absolute atomic E-state index is 0.146. The number of halogens is 2. The number of aromatic nitrogens is 3. The normalized spacial score (nSPS) is 12.4. The van der Waals surface area contributed by atoms with Crippen molar-refractivity contribution in [2.24, 2.45) is 7.05 Å². The fourth-order valence-corrected chi connectivity index (χ4v) is 3.73. The second kappa shape index (κ2) is 9.03. The van der Waals surface area contributed by atoms with Crippen molar-refractivity contribution in [2.75, 3.05) is 4.72 Å². The Kier molecular flexibility index (Phi) is 6.58. The van der Waals surface area contributed by atoms with Gasteiger partial charge in [0.1, 0.15) is 5.82 Å². The summed E-state index contributed by atoms with van der Waals surface area (Å²) >= 11 is 0. The van der Waals surface area contributed by atoms with E-state index < -0.39 is 38.7 Å². The van der Waals surface area contributed by atoms with E-state index in [-0.39, 0.29) is 22.6 Å². The van der Waals surface area contributed by atoms with Gasteiger partial charge in [0.2, 0.25) is 21.3 Å². The van der Waals surface area contributed by atoms with Gasteiger partial charge in [0, 0.05) is 30.9 Å². The molecular formula is C21H22F2N4O4S. The number of benzene rings is 1. The van der Waals surface area contributed by atoms with Crippen LogP contribution >= 0.6 is 0 Å². The summed E-state index contributed by atoms with van der Waals surface area (Å²) in [5, 5.41) is -0.713. The van der Waals surface area contributed by atoms with Crippen LogP contribution in [-0.4, -0.2) is 28.2 Å². The van der Waals surface area contributed by atoms with Gasteiger partial charge in [-0.3, -0.25) is 9.52 Å². The number of aryl methyl sites for hydroxylation is 2. The van der Waals surface area contributed by atoms with Crippen LogP contribution in [0.15, 0.2) is 41.3 Å². The van der Waals surface area contributed by atoms with Crippen LogP contribution in [0, 0.1) is 18.6 Å². The Morgan fingerprint density at radius 1 is 1.19 bits per heavy atom. The number of nitrogens with one attached hydrogen (secondary N) is 1. The number of rotatable bonds is 7. The van der Waals surface area contributed by atoms with Crippen LogP contribution in [0.3, 0.4) is 0 Å². The quantitative estimate of drug-likeness (QED) is 0.571. The molecule has 1 atom stereocenters. The number of hydrogen-bond donors (Lipinski definition) is 1. The first-order valence-electron chi connectivity index (χ1n) is 9.72. The van der Waals surface area contributed by atoms with Gasteiger partial charge in [-0.1, -0.05) is 13.0 Å². The van der Waals surface area contributed by atoms with Crippen molar-refractivity contribution in [2.45, 2.75) is 32.4 Å². The van der Waals surface area contributed by atoms with E-state index in [0.717, 1.165) is 6.07 Å². The van der Waals surface area contributed by atoms with Crippen molar-refractivity contribution in [3.05, 3.63) is 64.1 Å². The lowest BCUT2D eigenvalue weighted by Gasteiger charge is -2.15. The number of nitrogens with zero attached hydrogens (tertiary/aromatic N) is 3. The SMILES string of the molecule is CC[C@H](C)S(=O)(=O)Nc1cc(-c2ccc(=O)n(C)c2)nc(Oc2c(F)ccc(C)c2F)n1. The Balaban J connectivity index is 2.13. The van der Waals surface area contributed by atoms with Crippen molar-refractivity contribution in [1.29, 1.82) is 0 Å². The highest BCUT2D eigenvalue weighted by molar-refractivity contribution is 7.93. The molecule has 0 bridgehead atoms. The highest BCUT2D eigenvalue weighted by Gasteiger charge is 2.22. The Labute approximate surface area is 184 Å². The second-order valence-corrected chi connectivity index (χ2v) is 9.36. The summed E-state index contributed by atoms with van der Waals surface area (Å²) in [4.78, 5) is 19.9. The van der Waals surface area contributed by atoms with Gasteiger partial charge in [-0.15, -0.1) is 0 Å². The van der Waals surface area contributed by atoms with Gasteiger partial charge in [0.25, 0.3) is 0 Å². The molecule has 0 spiro atoms. The van der Waals surface area contributed by atoms with Crippen molar-refractivity contribution in [1.82, 2.24) is 14.5 Å². The summed E-state index contributed by atoms with van der Waals surface area (Å²) in [7, 11) is -2.25. The summed E-state index contributed by atoms with van der Waals surface area (Å²) in [6, 6.07) is 5.95. The van der Waals surface area contributed by atoms with Crippen molar-refractivity contribution in [3.63, 3.8) is 0 Å². The average molecular weight is 464 g/mol. The summed E-state index contributed by atoms with van der Waals surface area (Å²) in [6.07, 6.45) is 1.84. The smallest absolute Gasteiger partial charge is 0.324 e. The number of anilines is 1. The summed E-state index contributed by atoms with van der Waals surface area (Å²) < 4.78 is 62.6. The van der Waals surface area contributed by atoms with Gasteiger partial charge in [-0.25, -0.2) is 17.2 Å². The molecule has 0 aliphatic rings. The molecule has 1 N–H and O–H groups in total. The molecule has 11 heteroatoms. The lowest BCUT2D eigenvalue weighted by molar-refractivity contribution is 0.381. The fourth-order valence-electron chi connectivity index (χ4n) is 2.70. The Bertz CT molecular complexity index is 1330. The van der Waals surface area contributed by atoms with Gasteiger partial charge in [0.15, 0.2) is 11.6 Å². The molecule has 2 aromatic heterocycles. The second-order valence-electron chi connectivity index (χ2n) is 7.26. The maximum atomic E-state index is 14.4. The standard InChI is InChI=1S/C21H22F2N4O4S/c1-5-13(3)32(29,30)26-17-10-16(14-7-9-18(28)27(4)11-14)24-21(25-17)31-20-15(22)8-6-12(2)19(20)23/h6-11,13H,5H2,1-4H3,(H,24,25,26)/t13-/m0/s1. The highest BCUT2D eigenvalue weighted by Crippen LogP contribution is 2.30. The van der Waals surface area contributed by atoms with Crippen LogP contribution in [0.25, 0.3) is 11.3 Å². The lowest BCUT2D eigenvalue weighted by Crippen LogP contribution is -2.25. The average Bonchev–Trinajstić information content (AvgIpc) is 2.74. The van der Waals surface area contributed by atoms with Gasteiger partial charge in [-0.2, -0.15) is 9.97 Å². The molecule has 32 heavy (non-hydrogen) atoms. The molecule has 2 heterocycles. The maximum Gasteiger partial charge on any atom is 0.324 e. The minimum Gasteiger partial charge on any atom is -0.418 e. The molecule has 3 rings (SSSR count). The van der Waals surface area contributed by atoms with E-state index in [0.29, 0.717) is 12.0 Å². The predicted octanol–water partition coefficient (Wildman–Crippen LogP) is 3.76. The summed E-state index contributed by atoms with van der Waals surface area (Å²) in [5.74, 6) is -2.75. The van der Waals surface area contributed by atoms with Crippen LogP contribution in [-0.2, 0) is 17.1 Å².